The highest BCUT2D eigenvalue weighted by atomic mass is 79.9. The molecule has 9 heteroatoms. The van der Waals surface area contributed by atoms with Crippen LogP contribution in [-0.2, 0) is 12.3 Å². The number of rotatable bonds is 7. The van der Waals surface area contributed by atoms with Crippen LogP contribution in [-0.4, -0.2) is 20.7 Å². The van der Waals surface area contributed by atoms with Gasteiger partial charge in [0.05, 0.1) is 22.3 Å². The van der Waals surface area contributed by atoms with Crippen molar-refractivity contribution in [3.8, 4) is 5.69 Å². The molecule has 1 heterocycles. The van der Waals surface area contributed by atoms with Gasteiger partial charge in [0.25, 0.3) is 5.91 Å². The van der Waals surface area contributed by atoms with E-state index in [0.29, 0.717) is 32.3 Å². The van der Waals surface area contributed by atoms with Crippen molar-refractivity contribution in [1.82, 2.24) is 20.1 Å². The van der Waals surface area contributed by atoms with Gasteiger partial charge in [-0.05, 0) is 48.0 Å². The van der Waals surface area contributed by atoms with Crippen LogP contribution < -0.4 is 5.32 Å². The van der Waals surface area contributed by atoms with E-state index in [2.05, 4.69) is 43.6 Å². The van der Waals surface area contributed by atoms with Crippen molar-refractivity contribution >= 4 is 56.8 Å². The van der Waals surface area contributed by atoms with E-state index in [1.165, 1.54) is 0 Å². The molecular weight excluding hydrogens is 531 g/mol. The molecule has 0 aliphatic heterocycles. The summed E-state index contributed by atoms with van der Waals surface area (Å²) in [5, 5.41) is 13.2. The smallest absolute Gasteiger partial charge is 0.251 e. The normalized spacial score (nSPS) is 10.8. The Morgan fingerprint density at radius 3 is 2.44 bits per heavy atom. The third kappa shape index (κ3) is 5.53. The number of aromatic nitrogens is 3. The fourth-order valence-electron chi connectivity index (χ4n) is 2.97. The van der Waals surface area contributed by atoms with Gasteiger partial charge in [-0.3, -0.25) is 9.36 Å². The fraction of sp³-hybridized carbons (Fsp3) is 0.0870. The van der Waals surface area contributed by atoms with Gasteiger partial charge in [0.15, 0.2) is 11.0 Å². The van der Waals surface area contributed by atoms with E-state index in [1.807, 2.05) is 41.0 Å². The average molecular weight is 548 g/mol. The number of nitrogens with zero attached hydrogens (tertiary/aromatic N) is 3. The molecule has 0 atom stereocenters. The maximum Gasteiger partial charge on any atom is 0.251 e. The Kier molecular flexibility index (Phi) is 7.52. The molecule has 0 aliphatic rings. The van der Waals surface area contributed by atoms with Crippen LogP contribution in [0.4, 0.5) is 0 Å². The fourth-order valence-corrected chi connectivity index (χ4v) is 4.45. The Labute approximate surface area is 208 Å². The van der Waals surface area contributed by atoms with Gasteiger partial charge in [-0.25, -0.2) is 0 Å². The van der Waals surface area contributed by atoms with E-state index in [4.69, 9.17) is 23.2 Å². The van der Waals surface area contributed by atoms with Crippen molar-refractivity contribution in [2.24, 2.45) is 0 Å². The first-order chi connectivity index (χ1) is 15.5. The summed E-state index contributed by atoms with van der Waals surface area (Å²) in [6.07, 6.45) is 0. The summed E-state index contributed by atoms with van der Waals surface area (Å²) in [5.74, 6) is 1.12. The number of benzene rings is 3. The number of carbonyl (C=O) groups excluding carboxylic acids is 1. The van der Waals surface area contributed by atoms with Crippen molar-refractivity contribution < 1.29 is 4.79 Å². The van der Waals surface area contributed by atoms with Crippen molar-refractivity contribution in [2.45, 2.75) is 17.5 Å². The predicted octanol–water partition coefficient (Wildman–Crippen LogP) is 6.56. The van der Waals surface area contributed by atoms with Crippen LogP contribution in [0.2, 0.25) is 10.0 Å². The van der Waals surface area contributed by atoms with Gasteiger partial charge >= 0.3 is 0 Å². The minimum atomic E-state index is -0.182. The molecule has 1 aromatic heterocycles. The Balaban J connectivity index is 1.59. The van der Waals surface area contributed by atoms with E-state index in [9.17, 15) is 4.79 Å². The maximum atomic E-state index is 12.5. The zero-order valence-electron chi connectivity index (χ0n) is 16.6. The Hall–Kier alpha value is -2.32. The highest BCUT2D eigenvalue weighted by Gasteiger charge is 2.17. The third-order valence-electron chi connectivity index (χ3n) is 4.59. The van der Waals surface area contributed by atoms with Crippen LogP contribution >= 0.6 is 50.9 Å². The lowest BCUT2D eigenvalue weighted by Crippen LogP contribution is -2.24. The number of nitrogens with one attached hydrogen (secondary N) is 1. The number of thioether (sulfide) groups is 1. The lowest BCUT2D eigenvalue weighted by Gasteiger charge is -2.12. The van der Waals surface area contributed by atoms with Gasteiger partial charge < -0.3 is 5.32 Å². The van der Waals surface area contributed by atoms with Crippen LogP contribution in [0.3, 0.4) is 0 Å². The number of carbonyl (C=O) groups is 1. The van der Waals surface area contributed by atoms with Gasteiger partial charge in [-0.15, -0.1) is 10.2 Å². The number of halogens is 3. The highest BCUT2D eigenvalue weighted by Crippen LogP contribution is 2.29. The van der Waals surface area contributed by atoms with Gasteiger partial charge in [-0.2, -0.15) is 0 Å². The summed E-state index contributed by atoms with van der Waals surface area (Å²) in [5.41, 5.74) is 2.51. The Morgan fingerprint density at radius 2 is 1.72 bits per heavy atom. The quantitative estimate of drug-likeness (QED) is 0.266. The Bertz CT molecular complexity index is 1230. The van der Waals surface area contributed by atoms with Crippen LogP contribution in [0.1, 0.15) is 21.7 Å². The van der Waals surface area contributed by atoms with Crippen LogP contribution in [0, 0.1) is 0 Å². The standard InChI is InChI=1S/C23H17BrCl2N4OS/c24-17-8-6-15(7-9-17)14-32-23-29-28-21(13-27-22(31)16-4-2-1-3-5-16)30(23)18-10-11-19(25)20(26)12-18/h1-12H,13-14H2,(H,27,31). The van der Waals surface area contributed by atoms with Crippen molar-refractivity contribution in [2.75, 3.05) is 0 Å². The van der Waals surface area contributed by atoms with Gasteiger partial charge in [0.1, 0.15) is 0 Å². The summed E-state index contributed by atoms with van der Waals surface area (Å²) in [6, 6.07) is 22.5. The first kappa shape index (κ1) is 22.9. The van der Waals surface area contributed by atoms with Gasteiger partial charge in [0.2, 0.25) is 0 Å². The highest BCUT2D eigenvalue weighted by molar-refractivity contribution is 9.10. The molecular formula is C23H17BrCl2N4OS. The molecule has 0 unspecified atom stereocenters. The molecule has 0 radical (unpaired) electrons. The zero-order valence-corrected chi connectivity index (χ0v) is 20.5. The first-order valence-corrected chi connectivity index (χ1v) is 12.1. The van der Waals surface area contributed by atoms with Crippen molar-refractivity contribution in [3.63, 3.8) is 0 Å². The lowest BCUT2D eigenvalue weighted by molar-refractivity contribution is 0.0949. The van der Waals surface area contributed by atoms with Crippen molar-refractivity contribution in [1.29, 1.82) is 0 Å². The minimum Gasteiger partial charge on any atom is -0.345 e. The van der Waals surface area contributed by atoms with Crippen molar-refractivity contribution in [3.05, 3.63) is 104 Å². The van der Waals surface area contributed by atoms with E-state index in [0.717, 1.165) is 15.7 Å². The lowest BCUT2D eigenvalue weighted by atomic mass is 10.2. The van der Waals surface area contributed by atoms with E-state index in [1.54, 1.807) is 36.0 Å². The molecule has 5 nitrogen and oxygen atoms in total. The number of amides is 1. The molecule has 32 heavy (non-hydrogen) atoms. The van der Waals surface area contributed by atoms with Crippen LogP contribution in [0.5, 0.6) is 0 Å². The second-order valence-electron chi connectivity index (χ2n) is 6.80. The molecule has 3 aromatic carbocycles. The predicted molar refractivity (Wildman–Crippen MR) is 133 cm³/mol. The molecule has 0 saturated carbocycles. The van der Waals surface area contributed by atoms with Crippen LogP contribution in [0.15, 0.2) is 82.4 Å². The maximum absolute atomic E-state index is 12.5. The van der Waals surface area contributed by atoms with E-state index >= 15 is 0 Å². The minimum absolute atomic E-state index is 0.182. The summed E-state index contributed by atoms with van der Waals surface area (Å²) < 4.78 is 2.92. The summed E-state index contributed by atoms with van der Waals surface area (Å²) >= 11 is 17.4. The molecule has 4 rings (SSSR count). The molecule has 0 saturated heterocycles. The number of hydrogen-bond acceptors (Lipinski definition) is 4. The molecule has 162 valence electrons. The topological polar surface area (TPSA) is 59.8 Å². The summed E-state index contributed by atoms with van der Waals surface area (Å²) in [7, 11) is 0. The molecule has 0 aliphatic carbocycles. The zero-order chi connectivity index (χ0) is 22.5. The summed E-state index contributed by atoms with van der Waals surface area (Å²) in [4.78, 5) is 12.5. The monoisotopic (exact) mass is 546 g/mol. The number of hydrogen-bond donors (Lipinski definition) is 1. The average Bonchev–Trinajstić information content (AvgIpc) is 3.22. The molecule has 1 amide bonds. The first-order valence-electron chi connectivity index (χ1n) is 9.61. The van der Waals surface area contributed by atoms with E-state index < -0.39 is 0 Å². The third-order valence-corrected chi connectivity index (χ3v) is 6.85. The SMILES string of the molecule is O=C(NCc1nnc(SCc2ccc(Br)cc2)n1-c1ccc(Cl)c(Cl)c1)c1ccccc1. The second kappa shape index (κ2) is 10.5. The molecule has 1 N–H and O–H groups in total. The second-order valence-corrected chi connectivity index (χ2v) is 9.47. The molecule has 0 bridgehead atoms. The molecule has 0 fully saturated rings. The van der Waals surface area contributed by atoms with E-state index in [-0.39, 0.29) is 12.5 Å². The molecule has 0 spiro atoms. The van der Waals surface area contributed by atoms with Gasteiger partial charge in [-0.1, -0.05) is 81.2 Å². The Morgan fingerprint density at radius 1 is 0.969 bits per heavy atom. The van der Waals surface area contributed by atoms with Gasteiger partial charge in [0, 0.05) is 15.8 Å². The summed E-state index contributed by atoms with van der Waals surface area (Å²) in [6.45, 7) is 0.208. The van der Waals surface area contributed by atoms with Crippen LogP contribution in [0.25, 0.3) is 5.69 Å². The molecule has 4 aromatic rings. The largest absolute Gasteiger partial charge is 0.345 e.